The van der Waals surface area contributed by atoms with Crippen LogP contribution in [0.15, 0.2) is 133 Å². The van der Waals surface area contributed by atoms with Crippen molar-refractivity contribution >= 4 is 11.4 Å². The highest BCUT2D eigenvalue weighted by molar-refractivity contribution is 5.74. The second kappa shape index (κ2) is 13.7. The Balaban J connectivity index is 1.19. The van der Waals surface area contributed by atoms with E-state index in [1.54, 1.807) is 0 Å². The Labute approximate surface area is 262 Å². The van der Waals surface area contributed by atoms with Crippen molar-refractivity contribution in [2.75, 3.05) is 37.9 Å². The van der Waals surface area contributed by atoms with Crippen LogP contribution in [0.4, 0.5) is 11.4 Å². The molecule has 0 spiro atoms. The molecule has 226 valence electrons. The Morgan fingerprint density at radius 3 is 1.70 bits per heavy atom. The molecule has 0 aromatic heterocycles. The molecule has 2 aliphatic rings. The summed E-state index contributed by atoms with van der Waals surface area (Å²) in [5.74, 6) is 0.922. The van der Waals surface area contributed by atoms with Crippen LogP contribution in [0.3, 0.4) is 0 Å². The number of nitrogens with zero attached hydrogens (tertiary/aromatic N) is 1. The van der Waals surface area contributed by atoms with Gasteiger partial charge in [-0.05, 0) is 84.9 Å². The summed E-state index contributed by atoms with van der Waals surface area (Å²) in [4.78, 5) is 2.45. The van der Waals surface area contributed by atoms with Crippen molar-refractivity contribution in [3.8, 4) is 22.3 Å². The number of benzene rings is 4. The number of hydrogen-bond acceptors (Lipinski definition) is 4. The molecule has 0 bridgehead atoms. The molecule has 1 heterocycles. The lowest BCUT2D eigenvalue weighted by molar-refractivity contribution is -0.138. The Bertz CT molecular complexity index is 1460. The quantitative estimate of drug-likeness (QED) is 0.146. The highest BCUT2D eigenvalue weighted by atomic mass is 16.5. The minimum atomic E-state index is -0.310. The predicted octanol–water partition coefficient (Wildman–Crippen LogP) is 9.61. The van der Waals surface area contributed by atoms with Crippen LogP contribution in [0.25, 0.3) is 22.3 Å². The number of allylic oxidation sites excluding steroid dienone is 1. The van der Waals surface area contributed by atoms with E-state index in [0.717, 1.165) is 62.8 Å². The highest BCUT2D eigenvalue weighted by Crippen LogP contribution is 2.40. The normalized spacial score (nSPS) is 18.7. The second-order valence-corrected chi connectivity index (χ2v) is 12.6. The number of ether oxygens (including phenoxy) is 3. The first kappa shape index (κ1) is 29.9. The molecule has 0 N–H and O–H groups in total. The SMILES string of the molecule is CC1(COCCCCOC2=CC(C)(N(c3ccc(-c4ccccc4)cc3)c3ccc(-c4ccccc4)cc3)CC=C2)COC1. The van der Waals surface area contributed by atoms with E-state index in [2.05, 4.69) is 146 Å². The maximum atomic E-state index is 6.31. The molecule has 4 heteroatoms. The van der Waals surface area contributed by atoms with Gasteiger partial charge in [-0.3, -0.25) is 0 Å². The van der Waals surface area contributed by atoms with Gasteiger partial charge in [0.2, 0.25) is 0 Å². The Morgan fingerprint density at radius 2 is 1.18 bits per heavy atom. The first-order valence-corrected chi connectivity index (χ1v) is 15.8. The molecule has 1 aliphatic heterocycles. The summed E-state index contributed by atoms with van der Waals surface area (Å²) in [5.41, 5.74) is 7.04. The first-order valence-electron chi connectivity index (χ1n) is 15.8. The standard InChI is InChI=1S/C40H43NO3/c1-39(30-43-31-39)29-42-26-9-10-27-44-38-16-11-25-40(2,28-38)41(36-21-17-34(18-22-36)32-12-5-3-6-13-32)37-23-19-35(20-24-37)33-14-7-4-8-15-33/h3-8,11-24,28H,9-10,25-27,29-31H2,1-2H3. The minimum absolute atomic E-state index is 0.203. The van der Waals surface area contributed by atoms with E-state index >= 15 is 0 Å². The Hall–Kier alpha value is -4.12. The highest BCUT2D eigenvalue weighted by Gasteiger charge is 2.34. The fourth-order valence-corrected chi connectivity index (χ4v) is 6.03. The summed E-state index contributed by atoms with van der Waals surface area (Å²) in [5, 5.41) is 0. The first-order chi connectivity index (χ1) is 21.5. The Morgan fingerprint density at radius 1 is 0.659 bits per heavy atom. The molecule has 1 aliphatic carbocycles. The van der Waals surface area contributed by atoms with Gasteiger partial charge in [0.1, 0.15) is 5.76 Å². The van der Waals surface area contributed by atoms with E-state index in [0.29, 0.717) is 6.61 Å². The van der Waals surface area contributed by atoms with E-state index in [9.17, 15) is 0 Å². The van der Waals surface area contributed by atoms with Crippen LogP contribution in [-0.2, 0) is 14.2 Å². The molecule has 1 saturated heterocycles. The maximum Gasteiger partial charge on any atom is 0.117 e. The molecule has 0 radical (unpaired) electrons. The van der Waals surface area contributed by atoms with Crippen molar-refractivity contribution in [1.29, 1.82) is 0 Å². The zero-order valence-electron chi connectivity index (χ0n) is 26.0. The average molecular weight is 586 g/mol. The van der Waals surface area contributed by atoms with Gasteiger partial charge in [0.05, 0.1) is 32.0 Å². The molecule has 4 aromatic carbocycles. The smallest absolute Gasteiger partial charge is 0.117 e. The van der Waals surface area contributed by atoms with Crippen molar-refractivity contribution in [3.63, 3.8) is 0 Å². The van der Waals surface area contributed by atoms with E-state index < -0.39 is 0 Å². The van der Waals surface area contributed by atoms with Crippen LogP contribution < -0.4 is 4.90 Å². The lowest BCUT2D eigenvalue weighted by Crippen LogP contribution is -2.43. The number of hydrogen-bond donors (Lipinski definition) is 0. The van der Waals surface area contributed by atoms with Crippen LogP contribution in [0.5, 0.6) is 0 Å². The van der Waals surface area contributed by atoms with Gasteiger partial charge in [-0.2, -0.15) is 0 Å². The molecule has 0 saturated carbocycles. The van der Waals surface area contributed by atoms with Crippen LogP contribution >= 0.6 is 0 Å². The maximum absolute atomic E-state index is 6.31. The summed E-state index contributed by atoms with van der Waals surface area (Å²) >= 11 is 0. The molecule has 1 fully saturated rings. The van der Waals surface area contributed by atoms with Crippen molar-refractivity contribution in [1.82, 2.24) is 0 Å². The fraction of sp³-hybridized carbons (Fsp3) is 0.300. The molecule has 1 unspecified atom stereocenters. The molecular weight excluding hydrogens is 542 g/mol. The predicted molar refractivity (Wildman–Crippen MR) is 181 cm³/mol. The zero-order chi connectivity index (χ0) is 30.2. The van der Waals surface area contributed by atoms with Gasteiger partial charge in [0.15, 0.2) is 0 Å². The Kier molecular flexibility index (Phi) is 9.30. The van der Waals surface area contributed by atoms with Gasteiger partial charge < -0.3 is 19.1 Å². The molecule has 1 atom stereocenters. The van der Waals surface area contributed by atoms with Crippen molar-refractivity contribution in [2.45, 2.75) is 38.6 Å². The molecule has 0 amide bonds. The van der Waals surface area contributed by atoms with Crippen molar-refractivity contribution in [3.05, 3.63) is 133 Å². The van der Waals surface area contributed by atoms with E-state index in [4.69, 9.17) is 14.2 Å². The van der Waals surface area contributed by atoms with E-state index in [1.807, 2.05) is 0 Å². The van der Waals surface area contributed by atoms with Gasteiger partial charge in [-0.25, -0.2) is 0 Å². The number of rotatable bonds is 13. The molecule has 44 heavy (non-hydrogen) atoms. The lowest BCUT2D eigenvalue weighted by Gasteiger charge is -2.42. The van der Waals surface area contributed by atoms with Gasteiger partial charge in [-0.1, -0.05) is 97.9 Å². The van der Waals surface area contributed by atoms with Gasteiger partial charge >= 0.3 is 0 Å². The summed E-state index contributed by atoms with van der Waals surface area (Å²) < 4.78 is 17.5. The van der Waals surface area contributed by atoms with Crippen molar-refractivity contribution in [2.24, 2.45) is 5.41 Å². The van der Waals surface area contributed by atoms with Gasteiger partial charge in [-0.15, -0.1) is 0 Å². The van der Waals surface area contributed by atoms with Gasteiger partial charge in [0.25, 0.3) is 0 Å². The number of unbranched alkanes of at least 4 members (excludes halogenated alkanes) is 1. The minimum Gasteiger partial charge on any atom is -0.494 e. The van der Waals surface area contributed by atoms with E-state index in [-0.39, 0.29) is 11.0 Å². The summed E-state index contributed by atoms with van der Waals surface area (Å²) in [7, 11) is 0. The van der Waals surface area contributed by atoms with Gasteiger partial charge in [0, 0.05) is 23.4 Å². The van der Waals surface area contributed by atoms with Crippen LogP contribution in [0.1, 0.15) is 33.1 Å². The fourth-order valence-electron chi connectivity index (χ4n) is 6.03. The lowest BCUT2D eigenvalue weighted by atomic mass is 9.89. The summed E-state index contributed by atoms with van der Waals surface area (Å²) in [6.45, 7) is 8.34. The number of anilines is 2. The monoisotopic (exact) mass is 585 g/mol. The second-order valence-electron chi connectivity index (χ2n) is 12.6. The topological polar surface area (TPSA) is 30.9 Å². The average Bonchev–Trinajstić information content (AvgIpc) is 3.05. The molecule has 4 nitrogen and oxygen atoms in total. The van der Waals surface area contributed by atoms with E-state index in [1.165, 1.54) is 22.3 Å². The van der Waals surface area contributed by atoms with Crippen LogP contribution in [0, 0.1) is 5.41 Å². The third-order valence-electron chi connectivity index (χ3n) is 8.55. The summed E-state index contributed by atoms with van der Waals surface area (Å²) in [6.07, 6.45) is 9.46. The summed E-state index contributed by atoms with van der Waals surface area (Å²) in [6, 6.07) is 38.9. The molecule has 4 aromatic rings. The largest absolute Gasteiger partial charge is 0.494 e. The molecular formula is C40H43NO3. The zero-order valence-corrected chi connectivity index (χ0v) is 26.0. The third kappa shape index (κ3) is 7.15. The molecule has 6 rings (SSSR count). The van der Waals surface area contributed by atoms with Crippen molar-refractivity contribution < 1.29 is 14.2 Å². The third-order valence-corrected chi connectivity index (χ3v) is 8.55. The van der Waals surface area contributed by atoms with Crippen LogP contribution in [-0.4, -0.2) is 38.6 Å². The van der Waals surface area contributed by atoms with Crippen LogP contribution in [0.2, 0.25) is 0 Å².